The van der Waals surface area contributed by atoms with Crippen LogP contribution in [0.3, 0.4) is 0 Å². The van der Waals surface area contributed by atoms with E-state index in [4.69, 9.17) is 4.74 Å². The second kappa shape index (κ2) is 37.0. The molecule has 0 aromatic heterocycles. The van der Waals surface area contributed by atoms with E-state index in [0.29, 0.717) is 6.42 Å². The third-order valence-electron chi connectivity index (χ3n) is 16.7. The topological polar surface area (TPSA) is 288 Å². The first kappa shape index (κ1) is 80.6. The molecule has 24 heteroatoms. The maximum Gasteiger partial charge on any atom is 0.246 e. The van der Waals surface area contributed by atoms with Crippen molar-refractivity contribution in [3.63, 3.8) is 0 Å². The fourth-order valence-corrected chi connectivity index (χ4v) is 11.4. The van der Waals surface area contributed by atoms with Gasteiger partial charge in [-0.3, -0.25) is 52.7 Å². The highest BCUT2D eigenvalue weighted by molar-refractivity contribution is 6.00. The summed E-state index contributed by atoms with van der Waals surface area (Å²) in [6, 6.07) is -14.2. The SMILES string of the molecule is C=CCO[C@H](C)C1C(=O)N[C@@H](C(C)C)C(=O)N(C)[C@@H](CC(C)C)C(=O)N[C@@H](C)C(=O)N[C@H](C)C(=O)N(C)[C@@H](CC(C)C)C(=O)N(C)[C@@H](CC(C)C)C(=O)N(C)[C@@H](C(C)C)C(=O)N(C)[C@@H]([C@H](O)[C@H](C)/C=C/C)C(=O)N[C@@H](CC)C(=O)N(CCC)[C@H](C)C(=O)N1C. The van der Waals surface area contributed by atoms with Gasteiger partial charge < -0.3 is 65.4 Å². The van der Waals surface area contributed by atoms with E-state index in [2.05, 4.69) is 27.8 Å². The zero-order valence-corrected chi connectivity index (χ0v) is 58.3. The van der Waals surface area contributed by atoms with Gasteiger partial charge in [-0.05, 0) is 96.3 Å². The highest BCUT2D eigenvalue weighted by atomic mass is 16.5. The van der Waals surface area contributed by atoms with Crippen LogP contribution < -0.4 is 21.3 Å². The van der Waals surface area contributed by atoms with Crippen LogP contribution in [0.25, 0.3) is 0 Å². The summed E-state index contributed by atoms with van der Waals surface area (Å²) in [5.74, 6) is -10.2. The third kappa shape index (κ3) is 21.9. The van der Waals surface area contributed by atoms with Crippen molar-refractivity contribution in [1.29, 1.82) is 0 Å². The van der Waals surface area contributed by atoms with Crippen molar-refractivity contribution in [3.05, 3.63) is 24.8 Å². The van der Waals surface area contributed by atoms with Crippen LogP contribution in [0.1, 0.15) is 157 Å². The summed E-state index contributed by atoms with van der Waals surface area (Å²) in [4.78, 5) is 171. The Morgan fingerprint density at radius 2 is 0.955 bits per heavy atom. The zero-order chi connectivity index (χ0) is 69.0. The average molecular weight is 1260 g/mol. The molecule has 0 spiro atoms. The number of aliphatic hydroxyl groups excluding tert-OH is 1. The standard InChI is InChI=1S/C65H115N11O13/c1-26-30-41(15)54(77)53-58(81)68-46(29-4)61(84)76(31-27-2)44(18)60(83)74(24)52(45(19)89-32-28-3)57(80)69-50(39(11)12)64(87)70(20)47(33-36(5)6)56(79)66-42(16)55(78)67-43(17)59(82)71(21)48(34-37(7)8)62(85)72(22)49(35-38(9)10)63(86)73(23)51(40(13)14)65(88)75(53)25/h26,28,30,36-54,77H,3,27,29,31-35H2,1-2,4-25H3,(H,66,79)(H,67,78)(H,68,81)(H,69,80)/b30-26+/t41-,42+,43-,44-,45-,46+,47+,48+,49+,50+,51+,52?,53+,54-/m1/s1. The van der Waals surface area contributed by atoms with E-state index in [1.165, 1.54) is 93.6 Å². The molecule has 0 aromatic rings. The van der Waals surface area contributed by atoms with E-state index in [9.17, 15) is 43.5 Å². The first-order chi connectivity index (χ1) is 41.2. The number of ether oxygens (including phenoxy) is 1. The zero-order valence-electron chi connectivity index (χ0n) is 58.3. The number of carbonyl (C=O) groups is 11. The van der Waals surface area contributed by atoms with Crippen molar-refractivity contribution < 1.29 is 62.6 Å². The Morgan fingerprint density at radius 1 is 0.506 bits per heavy atom. The van der Waals surface area contributed by atoms with Crippen molar-refractivity contribution >= 4 is 65.0 Å². The van der Waals surface area contributed by atoms with Gasteiger partial charge >= 0.3 is 0 Å². The predicted octanol–water partition coefficient (Wildman–Crippen LogP) is 3.59. The molecule has 1 unspecified atom stereocenters. The number of hydrogen-bond acceptors (Lipinski definition) is 13. The molecule has 89 heavy (non-hydrogen) atoms. The Balaban J connectivity index is 4.49. The maximum absolute atomic E-state index is 15.2. The Kier molecular flexibility index (Phi) is 33.5. The molecule has 1 saturated heterocycles. The minimum absolute atomic E-state index is 0.00693. The second-order valence-electron chi connectivity index (χ2n) is 26.3. The summed E-state index contributed by atoms with van der Waals surface area (Å²) in [5, 5.41) is 23.1. The van der Waals surface area contributed by atoms with Crippen molar-refractivity contribution in [2.75, 3.05) is 55.4 Å². The van der Waals surface area contributed by atoms with Gasteiger partial charge in [-0.1, -0.05) is 108 Å². The molecular weight excluding hydrogens is 1140 g/mol. The average Bonchev–Trinajstić information content (AvgIpc) is 0.939. The number of rotatable bonds is 18. The van der Waals surface area contributed by atoms with Crippen LogP contribution in [0.5, 0.6) is 0 Å². The summed E-state index contributed by atoms with van der Waals surface area (Å²) < 4.78 is 5.98. The van der Waals surface area contributed by atoms with Crippen LogP contribution in [0.15, 0.2) is 24.8 Å². The van der Waals surface area contributed by atoms with Gasteiger partial charge in [-0.2, -0.15) is 0 Å². The molecule has 1 aliphatic heterocycles. The van der Waals surface area contributed by atoms with E-state index >= 15 is 14.4 Å². The first-order valence-electron chi connectivity index (χ1n) is 31.9. The molecule has 1 aliphatic rings. The minimum Gasteiger partial charge on any atom is -0.390 e. The molecule has 11 amide bonds. The highest BCUT2D eigenvalue weighted by Gasteiger charge is 2.46. The monoisotopic (exact) mass is 1260 g/mol. The van der Waals surface area contributed by atoms with Crippen LogP contribution >= 0.6 is 0 Å². The van der Waals surface area contributed by atoms with Crippen LogP contribution in [-0.4, -0.2) is 238 Å². The fraction of sp³-hybridized carbons (Fsp3) is 0.769. The molecule has 1 fully saturated rings. The summed E-state index contributed by atoms with van der Waals surface area (Å²) in [6.45, 7) is 34.5. The number of nitrogens with one attached hydrogen (secondary N) is 4. The van der Waals surface area contributed by atoms with Crippen molar-refractivity contribution in [2.24, 2.45) is 35.5 Å². The normalized spacial score (nSPS) is 27.3. The lowest BCUT2D eigenvalue weighted by molar-refractivity contribution is -0.157. The Morgan fingerprint density at radius 3 is 1.42 bits per heavy atom. The lowest BCUT2D eigenvalue weighted by atomic mass is 9.93. The third-order valence-corrected chi connectivity index (χ3v) is 16.7. The van der Waals surface area contributed by atoms with E-state index in [-0.39, 0.29) is 56.6 Å². The molecule has 1 heterocycles. The number of nitrogens with zero attached hydrogens (tertiary/aromatic N) is 7. The van der Waals surface area contributed by atoms with Crippen LogP contribution in [0, 0.1) is 35.5 Å². The largest absolute Gasteiger partial charge is 0.390 e. The molecular formula is C65H115N11O13. The van der Waals surface area contributed by atoms with Crippen LogP contribution in [-0.2, 0) is 57.5 Å². The minimum atomic E-state index is -1.66. The maximum atomic E-state index is 15.2. The molecule has 24 nitrogen and oxygen atoms in total. The van der Waals surface area contributed by atoms with E-state index in [1.807, 2.05) is 41.5 Å². The number of amides is 11. The van der Waals surface area contributed by atoms with Gasteiger partial charge in [0.2, 0.25) is 65.0 Å². The van der Waals surface area contributed by atoms with Crippen molar-refractivity contribution in [1.82, 2.24) is 55.6 Å². The molecule has 0 aromatic carbocycles. The summed E-state index contributed by atoms with van der Waals surface area (Å²) >= 11 is 0. The number of likely N-dealkylation sites (N-methyl/N-ethyl adjacent to an activating group) is 6. The van der Waals surface area contributed by atoms with Gasteiger partial charge in [-0.15, -0.1) is 6.58 Å². The Labute approximate surface area is 532 Å². The number of allylic oxidation sites excluding steroid dienone is 1. The van der Waals surface area contributed by atoms with Gasteiger partial charge in [0.1, 0.15) is 66.5 Å². The van der Waals surface area contributed by atoms with E-state index in [0.717, 1.165) is 9.80 Å². The lowest BCUT2D eigenvalue weighted by Gasteiger charge is -2.41. The molecule has 508 valence electrons. The Bertz CT molecular complexity index is 2450. The highest BCUT2D eigenvalue weighted by Crippen LogP contribution is 2.26. The smallest absolute Gasteiger partial charge is 0.246 e. The molecule has 5 N–H and O–H groups in total. The Hall–Kier alpha value is -6.43. The second-order valence-corrected chi connectivity index (χ2v) is 26.3. The van der Waals surface area contributed by atoms with Gasteiger partial charge in [0.25, 0.3) is 0 Å². The number of carbonyl (C=O) groups excluding carboxylic acids is 11. The molecule has 0 bridgehead atoms. The molecule has 14 atom stereocenters. The van der Waals surface area contributed by atoms with E-state index in [1.54, 1.807) is 74.5 Å². The molecule has 1 rings (SSSR count). The number of hydrogen-bond donors (Lipinski definition) is 5. The molecule has 0 radical (unpaired) electrons. The van der Waals surface area contributed by atoms with Crippen molar-refractivity contribution in [2.45, 2.75) is 235 Å². The molecule has 0 aliphatic carbocycles. The predicted molar refractivity (Wildman–Crippen MR) is 344 cm³/mol. The molecule has 0 saturated carbocycles. The summed E-state index contributed by atoms with van der Waals surface area (Å²) in [7, 11) is 8.45. The summed E-state index contributed by atoms with van der Waals surface area (Å²) in [6.07, 6.45) is 2.97. The fourth-order valence-electron chi connectivity index (χ4n) is 11.4. The van der Waals surface area contributed by atoms with Crippen LogP contribution in [0.4, 0.5) is 0 Å². The quantitative estimate of drug-likeness (QED) is 0.123. The summed E-state index contributed by atoms with van der Waals surface area (Å²) in [5.41, 5.74) is 0. The lowest BCUT2D eigenvalue weighted by Crippen LogP contribution is -2.64. The van der Waals surface area contributed by atoms with Crippen LogP contribution in [0.2, 0.25) is 0 Å². The van der Waals surface area contributed by atoms with Crippen molar-refractivity contribution in [3.8, 4) is 0 Å². The van der Waals surface area contributed by atoms with Gasteiger partial charge in [0.15, 0.2) is 0 Å². The van der Waals surface area contributed by atoms with Gasteiger partial charge in [0.05, 0.1) is 18.8 Å². The van der Waals surface area contributed by atoms with Gasteiger partial charge in [-0.25, -0.2) is 0 Å². The van der Waals surface area contributed by atoms with E-state index < -0.39 is 161 Å². The first-order valence-corrected chi connectivity index (χ1v) is 31.9. The number of aliphatic hydroxyl groups is 1. The van der Waals surface area contributed by atoms with Gasteiger partial charge in [0, 0.05) is 54.7 Å².